The molecule has 3 amide bonds. The number of halogens is 1. The molecule has 3 heterocycles. The van der Waals surface area contributed by atoms with Crippen LogP contribution in [-0.4, -0.2) is 85.5 Å². The first kappa shape index (κ1) is 23.1. The van der Waals surface area contributed by atoms with E-state index in [1.54, 1.807) is 12.1 Å². The van der Waals surface area contributed by atoms with Gasteiger partial charge < -0.3 is 5.32 Å². The minimum atomic E-state index is -2.93. The highest BCUT2D eigenvalue weighted by Gasteiger charge is 2.52. The fourth-order valence-electron chi connectivity index (χ4n) is 4.97. The van der Waals surface area contributed by atoms with Crippen molar-refractivity contribution in [2.45, 2.75) is 44.2 Å². The third kappa shape index (κ3) is 4.53. The summed E-state index contributed by atoms with van der Waals surface area (Å²) in [5.74, 6) is -0.214. The second-order valence-electron chi connectivity index (χ2n) is 9.03. The lowest BCUT2D eigenvalue weighted by atomic mass is 9.85. The average molecular weight is 467 g/mol. The van der Waals surface area contributed by atoms with E-state index in [0.717, 1.165) is 12.8 Å². The van der Waals surface area contributed by atoms with E-state index in [1.165, 1.54) is 17.0 Å². The molecular weight excluding hydrogens is 435 g/mol. The van der Waals surface area contributed by atoms with Crippen LogP contribution in [0.1, 0.15) is 38.2 Å². The largest absolute Gasteiger partial charge is 0.326 e. The fourth-order valence-corrected chi connectivity index (χ4v) is 6.74. The number of amides is 3. The molecule has 0 aliphatic carbocycles. The maximum absolute atomic E-state index is 13.5. The summed E-state index contributed by atoms with van der Waals surface area (Å²) in [6.45, 7) is 4.95. The van der Waals surface area contributed by atoms with Gasteiger partial charge in [-0.2, -0.15) is 0 Å². The molecule has 3 saturated heterocycles. The van der Waals surface area contributed by atoms with Crippen LogP contribution in [0.5, 0.6) is 0 Å². The summed E-state index contributed by atoms with van der Waals surface area (Å²) in [6.07, 6.45) is 2.75. The average Bonchev–Trinajstić information content (AvgIpc) is 3.25. The number of nitrogens with zero attached hydrogens (tertiary/aromatic N) is 3. The molecule has 1 N–H and O–H groups in total. The summed E-state index contributed by atoms with van der Waals surface area (Å²) in [5, 5.41) is 2.90. The Morgan fingerprint density at radius 3 is 2.41 bits per heavy atom. The molecule has 8 nitrogen and oxygen atoms in total. The number of unbranched alkanes of at least 4 members (excludes halogenated alkanes) is 1. The minimum absolute atomic E-state index is 0.0686. The highest BCUT2D eigenvalue weighted by Crippen LogP contribution is 2.34. The number of piperazine rings is 1. The Morgan fingerprint density at radius 1 is 1.12 bits per heavy atom. The van der Waals surface area contributed by atoms with E-state index in [9.17, 15) is 22.4 Å². The molecule has 0 unspecified atom stereocenters. The molecule has 10 heteroatoms. The number of urea groups is 1. The van der Waals surface area contributed by atoms with E-state index in [-0.39, 0.29) is 35.9 Å². The van der Waals surface area contributed by atoms with Crippen molar-refractivity contribution in [2.24, 2.45) is 0 Å². The highest BCUT2D eigenvalue weighted by molar-refractivity contribution is 7.91. The predicted molar refractivity (Wildman–Crippen MR) is 118 cm³/mol. The maximum Gasteiger partial charge on any atom is 0.326 e. The number of carbonyl (C=O) groups is 2. The lowest BCUT2D eigenvalue weighted by Gasteiger charge is -2.38. The minimum Gasteiger partial charge on any atom is -0.319 e. The van der Waals surface area contributed by atoms with Gasteiger partial charge in [0.2, 0.25) is 0 Å². The van der Waals surface area contributed by atoms with Gasteiger partial charge in [-0.05, 0) is 30.5 Å². The van der Waals surface area contributed by atoms with Gasteiger partial charge in [0.05, 0.1) is 18.2 Å². The Morgan fingerprint density at radius 2 is 1.81 bits per heavy atom. The first-order valence-corrected chi connectivity index (χ1v) is 13.1. The Bertz CT molecular complexity index is 963. The molecule has 0 radical (unpaired) electrons. The first-order chi connectivity index (χ1) is 15.2. The van der Waals surface area contributed by atoms with E-state index in [1.807, 2.05) is 6.92 Å². The number of imide groups is 1. The van der Waals surface area contributed by atoms with Crippen LogP contribution in [0.2, 0.25) is 0 Å². The molecule has 0 aromatic heterocycles. The zero-order valence-corrected chi connectivity index (χ0v) is 19.2. The second-order valence-corrected chi connectivity index (χ2v) is 11.3. The number of sulfone groups is 1. The van der Waals surface area contributed by atoms with Crippen molar-refractivity contribution in [1.29, 1.82) is 0 Å². The summed E-state index contributed by atoms with van der Waals surface area (Å²) in [6, 6.07) is 5.40. The zero-order valence-electron chi connectivity index (χ0n) is 18.4. The number of rotatable bonds is 7. The van der Waals surface area contributed by atoms with Gasteiger partial charge in [-0.25, -0.2) is 22.5 Å². The molecule has 3 fully saturated rings. The Labute approximate surface area is 188 Å². The fraction of sp³-hybridized carbons (Fsp3) is 0.636. The summed E-state index contributed by atoms with van der Waals surface area (Å²) in [5.41, 5.74) is -0.568. The molecule has 0 saturated carbocycles. The summed E-state index contributed by atoms with van der Waals surface area (Å²) in [7, 11) is -2.93. The van der Waals surface area contributed by atoms with Crippen LogP contribution in [0.15, 0.2) is 24.3 Å². The normalized spacial score (nSPS) is 28.9. The summed E-state index contributed by atoms with van der Waals surface area (Å²) in [4.78, 5) is 31.8. The van der Waals surface area contributed by atoms with E-state index < -0.39 is 21.4 Å². The third-order valence-corrected chi connectivity index (χ3v) is 8.64. The molecule has 3 aliphatic heterocycles. The maximum atomic E-state index is 13.5. The lowest BCUT2D eigenvalue weighted by molar-refractivity contribution is -0.133. The second kappa shape index (κ2) is 9.07. The molecule has 32 heavy (non-hydrogen) atoms. The number of hydrogen-bond donors (Lipinski definition) is 1. The first-order valence-electron chi connectivity index (χ1n) is 11.3. The molecule has 0 spiro atoms. The standard InChI is InChI=1S/C22H31FN4O4S/c1-2-3-9-22(17-4-6-18(23)7-5-17)20(28)27(21(29)24-22)16-25-10-12-26(13-11-25)19-8-14-32(30,31)15-19/h4-7,19H,2-3,8-16H2,1H3,(H,24,29)/t19-,22+/m1/s1. The van der Waals surface area contributed by atoms with Crippen LogP contribution >= 0.6 is 0 Å². The van der Waals surface area contributed by atoms with Crippen molar-refractivity contribution in [3.63, 3.8) is 0 Å². The van der Waals surface area contributed by atoms with Crippen molar-refractivity contribution < 1.29 is 22.4 Å². The van der Waals surface area contributed by atoms with Crippen LogP contribution in [-0.2, 0) is 20.2 Å². The lowest BCUT2D eigenvalue weighted by Crippen LogP contribution is -2.54. The number of benzene rings is 1. The van der Waals surface area contributed by atoms with Crippen molar-refractivity contribution in [2.75, 3.05) is 44.4 Å². The van der Waals surface area contributed by atoms with Gasteiger partial charge in [-0.15, -0.1) is 0 Å². The highest BCUT2D eigenvalue weighted by atomic mass is 32.2. The summed E-state index contributed by atoms with van der Waals surface area (Å²) >= 11 is 0. The van der Waals surface area contributed by atoms with Crippen LogP contribution in [0.25, 0.3) is 0 Å². The van der Waals surface area contributed by atoms with Gasteiger partial charge in [0.25, 0.3) is 5.91 Å². The van der Waals surface area contributed by atoms with Gasteiger partial charge in [0.1, 0.15) is 11.4 Å². The monoisotopic (exact) mass is 466 g/mol. The summed E-state index contributed by atoms with van der Waals surface area (Å²) < 4.78 is 37.0. The Balaban J connectivity index is 1.43. The smallest absolute Gasteiger partial charge is 0.319 e. The van der Waals surface area contributed by atoms with Crippen molar-refractivity contribution in [3.05, 3.63) is 35.6 Å². The molecule has 1 aromatic carbocycles. The molecule has 0 bridgehead atoms. The number of hydrogen-bond acceptors (Lipinski definition) is 6. The van der Waals surface area contributed by atoms with Gasteiger partial charge in [-0.3, -0.25) is 14.6 Å². The van der Waals surface area contributed by atoms with Crippen molar-refractivity contribution in [1.82, 2.24) is 20.0 Å². The molecule has 1 aromatic rings. The van der Waals surface area contributed by atoms with Gasteiger partial charge in [-0.1, -0.05) is 31.9 Å². The SMILES string of the molecule is CCCC[C@@]1(c2ccc(F)cc2)NC(=O)N(CN2CCN([C@@H]3CCS(=O)(=O)C3)CC2)C1=O. The molecule has 3 aliphatic rings. The predicted octanol–water partition coefficient (Wildman–Crippen LogP) is 1.53. The van der Waals surface area contributed by atoms with Crippen LogP contribution in [0.3, 0.4) is 0 Å². The zero-order chi connectivity index (χ0) is 22.9. The third-order valence-electron chi connectivity index (χ3n) is 6.89. The van der Waals surface area contributed by atoms with E-state index >= 15 is 0 Å². The molecule has 2 atom stereocenters. The number of carbonyl (C=O) groups excluding carboxylic acids is 2. The Kier molecular flexibility index (Phi) is 6.56. The quantitative estimate of drug-likeness (QED) is 0.613. The van der Waals surface area contributed by atoms with Crippen molar-refractivity contribution in [3.8, 4) is 0 Å². The Hall–Kier alpha value is -2.04. The topological polar surface area (TPSA) is 90.0 Å². The van der Waals surface area contributed by atoms with Crippen LogP contribution in [0, 0.1) is 5.82 Å². The van der Waals surface area contributed by atoms with Crippen LogP contribution in [0.4, 0.5) is 9.18 Å². The van der Waals surface area contributed by atoms with E-state index in [2.05, 4.69) is 15.1 Å². The molecule has 176 valence electrons. The van der Waals surface area contributed by atoms with Gasteiger partial charge in [0, 0.05) is 32.2 Å². The van der Waals surface area contributed by atoms with E-state index in [4.69, 9.17) is 0 Å². The van der Waals surface area contributed by atoms with Gasteiger partial charge in [0.15, 0.2) is 9.84 Å². The molecule has 4 rings (SSSR count). The van der Waals surface area contributed by atoms with Gasteiger partial charge >= 0.3 is 6.03 Å². The van der Waals surface area contributed by atoms with E-state index in [0.29, 0.717) is 44.6 Å². The van der Waals surface area contributed by atoms with Crippen LogP contribution < -0.4 is 5.32 Å². The van der Waals surface area contributed by atoms with Crippen molar-refractivity contribution >= 4 is 21.8 Å². The number of nitrogens with one attached hydrogen (secondary N) is 1. The molecular formula is C22H31FN4O4S.